The summed E-state index contributed by atoms with van der Waals surface area (Å²) >= 11 is 1.90. The minimum absolute atomic E-state index is 0.148. The van der Waals surface area contributed by atoms with Crippen LogP contribution in [0.2, 0.25) is 0 Å². The van der Waals surface area contributed by atoms with E-state index in [-0.39, 0.29) is 6.04 Å². The Hall–Kier alpha value is -1.58. The van der Waals surface area contributed by atoms with Crippen LogP contribution in [0.5, 0.6) is 0 Å². The molecule has 1 aromatic heterocycles. The summed E-state index contributed by atoms with van der Waals surface area (Å²) in [6, 6.07) is 13.8. The molecule has 0 radical (unpaired) electrons. The molecule has 3 heteroatoms. The number of benzene rings is 2. The number of rotatable bonds is 5. The third-order valence-corrected chi connectivity index (χ3v) is 6.14. The maximum absolute atomic E-state index is 6.20. The van der Waals surface area contributed by atoms with Crippen LogP contribution in [0.15, 0.2) is 36.4 Å². The molecule has 24 heavy (non-hydrogen) atoms. The predicted octanol–water partition coefficient (Wildman–Crippen LogP) is 5.56. The van der Waals surface area contributed by atoms with Crippen LogP contribution in [-0.4, -0.2) is 18.6 Å². The molecule has 0 fully saturated rings. The summed E-state index contributed by atoms with van der Waals surface area (Å²) in [6.07, 6.45) is 0. The first-order valence-electron chi connectivity index (χ1n) is 8.83. The van der Waals surface area contributed by atoms with Crippen LogP contribution in [0.25, 0.3) is 20.2 Å². The maximum Gasteiger partial charge on any atom is 0.0591 e. The number of anilines is 1. The van der Waals surface area contributed by atoms with Crippen molar-refractivity contribution in [3.05, 3.63) is 42.0 Å². The van der Waals surface area contributed by atoms with Crippen molar-refractivity contribution < 1.29 is 0 Å². The predicted molar refractivity (Wildman–Crippen MR) is 109 cm³/mol. The van der Waals surface area contributed by atoms with Gasteiger partial charge in [0.05, 0.1) is 10.4 Å². The van der Waals surface area contributed by atoms with Gasteiger partial charge in [-0.1, -0.05) is 44.2 Å². The van der Waals surface area contributed by atoms with Crippen molar-refractivity contribution in [2.75, 3.05) is 11.4 Å². The van der Waals surface area contributed by atoms with E-state index in [4.69, 9.17) is 5.73 Å². The first-order valence-corrected chi connectivity index (χ1v) is 9.65. The lowest BCUT2D eigenvalue weighted by atomic mass is 10.0. The summed E-state index contributed by atoms with van der Waals surface area (Å²) in [5.41, 5.74) is 8.90. The fourth-order valence-electron chi connectivity index (χ4n) is 3.36. The van der Waals surface area contributed by atoms with Gasteiger partial charge < -0.3 is 10.6 Å². The summed E-state index contributed by atoms with van der Waals surface area (Å²) < 4.78 is 2.75. The van der Waals surface area contributed by atoms with Crippen molar-refractivity contribution in [1.29, 1.82) is 0 Å². The van der Waals surface area contributed by atoms with E-state index in [2.05, 4.69) is 75.9 Å². The van der Waals surface area contributed by atoms with Gasteiger partial charge in [0.25, 0.3) is 0 Å². The van der Waals surface area contributed by atoms with Gasteiger partial charge in [-0.15, -0.1) is 11.3 Å². The van der Waals surface area contributed by atoms with Crippen molar-refractivity contribution in [2.24, 2.45) is 11.7 Å². The first kappa shape index (κ1) is 17.2. The van der Waals surface area contributed by atoms with Gasteiger partial charge in [-0.05, 0) is 38.3 Å². The minimum Gasteiger partial charge on any atom is -0.366 e. The number of fused-ring (bicyclic) bond motifs is 3. The zero-order valence-corrected chi connectivity index (χ0v) is 16.2. The molecule has 0 saturated heterocycles. The van der Waals surface area contributed by atoms with E-state index < -0.39 is 0 Å². The Bertz CT molecular complexity index is 848. The molecule has 0 amide bonds. The second-order valence-electron chi connectivity index (χ2n) is 7.32. The van der Waals surface area contributed by atoms with Gasteiger partial charge in [-0.25, -0.2) is 0 Å². The smallest absolute Gasteiger partial charge is 0.0591 e. The molecule has 2 atom stereocenters. The van der Waals surface area contributed by atoms with Crippen LogP contribution in [-0.2, 0) is 0 Å². The second kappa shape index (κ2) is 6.73. The van der Waals surface area contributed by atoms with E-state index in [0.717, 1.165) is 6.54 Å². The zero-order chi connectivity index (χ0) is 17.4. The van der Waals surface area contributed by atoms with Crippen molar-refractivity contribution in [2.45, 2.75) is 46.7 Å². The lowest BCUT2D eigenvalue weighted by Gasteiger charge is -2.36. The molecule has 128 valence electrons. The Balaban J connectivity index is 2.26. The van der Waals surface area contributed by atoms with Crippen molar-refractivity contribution >= 4 is 37.2 Å². The molecular formula is C21H28N2S. The Morgan fingerprint density at radius 3 is 2.38 bits per heavy atom. The van der Waals surface area contributed by atoms with Crippen LogP contribution in [0.3, 0.4) is 0 Å². The third-order valence-electron chi connectivity index (χ3n) is 4.95. The highest BCUT2D eigenvalue weighted by atomic mass is 32.1. The highest BCUT2D eigenvalue weighted by molar-refractivity contribution is 7.26. The van der Waals surface area contributed by atoms with Crippen LogP contribution in [0.1, 0.15) is 33.3 Å². The molecule has 2 aromatic carbocycles. The number of hydrogen-bond acceptors (Lipinski definition) is 3. The molecular weight excluding hydrogens is 312 g/mol. The van der Waals surface area contributed by atoms with Gasteiger partial charge in [-0.3, -0.25) is 0 Å². The number of thiophene rings is 1. The summed E-state index contributed by atoms with van der Waals surface area (Å²) in [6.45, 7) is 12.1. The van der Waals surface area contributed by atoms with E-state index in [1.807, 2.05) is 11.3 Å². The van der Waals surface area contributed by atoms with E-state index in [1.165, 1.54) is 31.4 Å². The highest BCUT2D eigenvalue weighted by Crippen LogP contribution is 2.42. The van der Waals surface area contributed by atoms with Gasteiger partial charge >= 0.3 is 0 Å². The van der Waals surface area contributed by atoms with Crippen molar-refractivity contribution in [1.82, 2.24) is 0 Å². The molecule has 3 rings (SSSR count). The number of aryl methyl sites for hydroxylation is 1. The SMILES string of the molecule is Cc1ccc2c(sc3ccccc32)c1N(CC(C)N)[C@H](C)C(C)C. The van der Waals surface area contributed by atoms with Crippen LogP contribution in [0, 0.1) is 12.8 Å². The normalized spacial score (nSPS) is 14.5. The standard InChI is InChI=1S/C21H28N2S/c1-13(2)16(5)23(12-15(4)22)20-14(3)10-11-18-17-8-6-7-9-19(17)24-21(18)20/h6-11,13,15-16H,12,22H2,1-5H3/t15?,16-/m1/s1. The average molecular weight is 341 g/mol. The summed E-state index contributed by atoms with van der Waals surface area (Å²) in [5, 5.41) is 2.72. The average Bonchev–Trinajstić information content (AvgIpc) is 2.90. The Morgan fingerprint density at radius 1 is 1.00 bits per heavy atom. The minimum atomic E-state index is 0.148. The number of hydrogen-bond donors (Lipinski definition) is 1. The van der Waals surface area contributed by atoms with Gasteiger partial charge in [0, 0.05) is 34.1 Å². The summed E-state index contributed by atoms with van der Waals surface area (Å²) in [5.74, 6) is 0.577. The fourth-order valence-corrected chi connectivity index (χ4v) is 4.68. The molecule has 0 aliphatic carbocycles. The number of nitrogens with two attached hydrogens (primary N) is 1. The largest absolute Gasteiger partial charge is 0.366 e. The Morgan fingerprint density at radius 2 is 1.71 bits per heavy atom. The maximum atomic E-state index is 6.20. The van der Waals surface area contributed by atoms with Gasteiger partial charge in [0.2, 0.25) is 0 Å². The second-order valence-corrected chi connectivity index (χ2v) is 8.37. The summed E-state index contributed by atoms with van der Waals surface area (Å²) in [7, 11) is 0. The molecule has 1 heterocycles. The van der Waals surface area contributed by atoms with Crippen molar-refractivity contribution in [3.63, 3.8) is 0 Å². The monoisotopic (exact) mass is 340 g/mol. The van der Waals surface area contributed by atoms with E-state index in [9.17, 15) is 0 Å². The number of nitrogens with zero attached hydrogens (tertiary/aromatic N) is 1. The molecule has 0 spiro atoms. The Kier molecular flexibility index (Phi) is 4.84. The van der Waals surface area contributed by atoms with Crippen LogP contribution >= 0.6 is 11.3 Å². The van der Waals surface area contributed by atoms with Crippen LogP contribution < -0.4 is 10.6 Å². The van der Waals surface area contributed by atoms with Crippen molar-refractivity contribution in [3.8, 4) is 0 Å². The summed E-state index contributed by atoms with van der Waals surface area (Å²) in [4.78, 5) is 2.53. The molecule has 2 N–H and O–H groups in total. The highest BCUT2D eigenvalue weighted by Gasteiger charge is 2.23. The molecule has 1 unspecified atom stereocenters. The molecule has 0 aliphatic heterocycles. The molecule has 0 bridgehead atoms. The Labute approximate surface area is 149 Å². The zero-order valence-electron chi connectivity index (χ0n) is 15.3. The molecule has 0 saturated carbocycles. The molecule has 2 nitrogen and oxygen atoms in total. The fraction of sp³-hybridized carbons (Fsp3) is 0.429. The van der Waals surface area contributed by atoms with Gasteiger partial charge in [0.15, 0.2) is 0 Å². The van der Waals surface area contributed by atoms with Crippen LogP contribution in [0.4, 0.5) is 5.69 Å². The first-order chi connectivity index (χ1) is 11.4. The van der Waals surface area contributed by atoms with E-state index >= 15 is 0 Å². The molecule has 3 aromatic rings. The van der Waals surface area contributed by atoms with Gasteiger partial charge in [-0.2, -0.15) is 0 Å². The van der Waals surface area contributed by atoms with E-state index in [0.29, 0.717) is 12.0 Å². The van der Waals surface area contributed by atoms with Gasteiger partial charge in [0.1, 0.15) is 0 Å². The lowest BCUT2D eigenvalue weighted by molar-refractivity contribution is 0.472. The quantitative estimate of drug-likeness (QED) is 0.659. The molecule has 0 aliphatic rings. The van der Waals surface area contributed by atoms with E-state index in [1.54, 1.807) is 0 Å². The topological polar surface area (TPSA) is 29.3 Å². The lowest BCUT2D eigenvalue weighted by Crippen LogP contribution is -2.44. The third kappa shape index (κ3) is 3.03.